The Bertz CT molecular complexity index is 2260. The third-order valence-electron chi connectivity index (χ3n) is 11.1. The highest BCUT2D eigenvalue weighted by atomic mass is 35.5. The molecule has 0 saturated carbocycles. The zero-order valence-electron chi connectivity index (χ0n) is 31.6. The van der Waals surface area contributed by atoms with E-state index in [4.69, 9.17) is 11.6 Å². The van der Waals surface area contributed by atoms with E-state index in [1.807, 2.05) is 13.1 Å². The van der Waals surface area contributed by atoms with Crippen molar-refractivity contribution in [1.29, 1.82) is 0 Å². The Morgan fingerprint density at radius 3 is 1.93 bits per heavy atom. The van der Waals surface area contributed by atoms with E-state index in [0.29, 0.717) is 0 Å². The van der Waals surface area contributed by atoms with Crippen molar-refractivity contribution in [2.45, 2.75) is 43.4 Å². The van der Waals surface area contributed by atoms with Crippen molar-refractivity contribution in [2.24, 2.45) is 0 Å². The SMILES string of the molecule is CNc1ccc(Cl)cc1C(C/C=C/C=C/C=C/C=C1/N(C)c2ccc3ccccc3c2C1(C)Cc1ccccc1)(Cc1ccccc1)Cc1ccccc1. The number of nitrogens with zero attached hydrogens (tertiary/aromatic N) is 1. The van der Waals surface area contributed by atoms with Gasteiger partial charge in [-0.15, -0.1) is 0 Å². The molecule has 1 aliphatic heterocycles. The minimum atomic E-state index is -0.230. The zero-order chi connectivity index (χ0) is 37.4. The first-order chi connectivity index (χ1) is 26.4. The van der Waals surface area contributed by atoms with Gasteiger partial charge in [-0.05, 0) is 102 Å². The van der Waals surface area contributed by atoms with Gasteiger partial charge in [0.1, 0.15) is 0 Å². The first kappa shape index (κ1) is 36.8. The van der Waals surface area contributed by atoms with Gasteiger partial charge in [0, 0.05) is 47.0 Å². The third-order valence-corrected chi connectivity index (χ3v) is 11.3. The molecule has 270 valence electrons. The average molecular weight is 725 g/mol. The predicted octanol–water partition coefficient (Wildman–Crippen LogP) is 12.9. The van der Waals surface area contributed by atoms with Crippen LogP contribution in [-0.2, 0) is 30.1 Å². The second-order valence-corrected chi connectivity index (χ2v) is 15.2. The Kier molecular flexibility index (Phi) is 11.3. The Morgan fingerprint density at radius 2 is 1.26 bits per heavy atom. The molecule has 0 aliphatic carbocycles. The lowest BCUT2D eigenvalue weighted by atomic mass is 9.68. The molecule has 1 atom stereocenters. The number of allylic oxidation sites excluding steroid dienone is 8. The summed E-state index contributed by atoms with van der Waals surface area (Å²) in [5.74, 6) is 0. The number of hydrogen-bond donors (Lipinski definition) is 1. The second-order valence-electron chi connectivity index (χ2n) is 14.7. The maximum Gasteiger partial charge on any atom is 0.0454 e. The van der Waals surface area contributed by atoms with Crippen LogP contribution in [0.5, 0.6) is 0 Å². The number of nitrogens with one attached hydrogen (secondary N) is 1. The standard InChI is InChI=1S/C51H49ClN2/c1-50(36-39-21-11-8-12-22-39)48(54(3)47-33-30-42-27-18-19-28-44(42)49(47)50)29-17-6-4-5-7-20-34-51(37-40-23-13-9-14-24-40,38-41-25-15-10-16-26-41)45-35-43(52)31-32-46(45)53-2/h4-33,35,53H,34,36-38H2,1-3H3/b5-4+,17-6+,20-7+,48-29+. The van der Waals surface area contributed by atoms with Gasteiger partial charge < -0.3 is 10.2 Å². The summed E-state index contributed by atoms with van der Waals surface area (Å²) in [4.78, 5) is 2.38. The molecule has 2 nitrogen and oxygen atoms in total. The Balaban J connectivity index is 1.17. The fourth-order valence-electron chi connectivity index (χ4n) is 8.59. The molecule has 0 bridgehead atoms. The van der Waals surface area contributed by atoms with Crippen molar-refractivity contribution in [3.63, 3.8) is 0 Å². The van der Waals surface area contributed by atoms with Gasteiger partial charge >= 0.3 is 0 Å². The van der Waals surface area contributed by atoms with Crippen molar-refractivity contribution < 1.29 is 0 Å². The molecular formula is C51H49ClN2. The van der Waals surface area contributed by atoms with Crippen LogP contribution in [0.2, 0.25) is 5.02 Å². The second kappa shape index (κ2) is 16.6. The van der Waals surface area contributed by atoms with Crippen LogP contribution < -0.4 is 10.2 Å². The molecule has 1 aliphatic rings. The molecule has 54 heavy (non-hydrogen) atoms. The van der Waals surface area contributed by atoms with Gasteiger partial charge in [-0.2, -0.15) is 0 Å². The van der Waals surface area contributed by atoms with E-state index < -0.39 is 0 Å². The highest BCUT2D eigenvalue weighted by Crippen LogP contribution is 2.52. The highest BCUT2D eigenvalue weighted by Gasteiger charge is 2.43. The molecule has 0 radical (unpaired) electrons. The number of rotatable bonds is 13. The smallest absolute Gasteiger partial charge is 0.0454 e. The molecule has 0 aromatic heterocycles. The maximum absolute atomic E-state index is 6.71. The normalized spacial score (nSPS) is 16.7. The zero-order valence-corrected chi connectivity index (χ0v) is 32.3. The molecule has 6 aromatic rings. The lowest BCUT2D eigenvalue weighted by Crippen LogP contribution is -2.32. The van der Waals surface area contributed by atoms with Gasteiger partial charge in [0.05, 0.1) is 0 Å². The summed E-state index contributed by atoms with van der Waals surface area (Å²) >= 11 is 6.71. The van der Waals surface area contributed by atoms with E-state index in [-0.39, 0.29) is 10.8 Å². The number of likely N-dealkylation sites (N-methyl/N-ethyl adjacent to an activating group) is 1. The lowest BCUT2D eigenvalue weighted by molar-refractivity contribution is 0.425. The monoisotopic (exact) mass is 724 g/mol. The molecule has 7 rings (SSSR count). The molecular weight excluding hydrogens is 676 g/mol. The van der Waals surface area contributed by atoms with Crippen molar-refractivity contribution >= 4 is 33.7 Å². The fraction of sp³-hybridized carbons (Fsp3) is 0.176. The van der Waals surface area contributed by atoms with Crippen LogP contribution in [0.15, 0.2) is 194 Å². The summed E-state index contributed by atoms with van der Waals surface area (Å²) < 4.78 is 0. The van der Waals surface area contributed by atoms with Crippen LogP contribution in [-0.4, -0.2) is 14.1 Å². The molecule has 1 N–H and O–H groups in total. The molecule has 0 amide bonds. The van der Waals surface area contributed by atoms with Crippen LogP contribution in [0.25, 0.3) is 10.8 Å². The first-order valence-electron chi connectivity index (χ1n) is 19.0. The van der Waals surface area contributed by atoms with E-state index in [1.54, 1.807) is 0 Å². The summed E-state index contributed by atoms with van der Waals surface area (Å²) in [6, 6.07) is 52.1. The van der Waals surface area contributed by atoms with Gasteiger partial charge in [0.25, 0.3) is 0 Å². The molecule has 0 fully saturated rings. The number of halogens is 1. The quantitative estimate of drug-likeness (QED) is 0.119. The number of fused-ring (bicyclic) bond motifs is 3. The van der Waals surface area contributed by atoms with Gasteiger partial charge in [0.15, 0.2) is 0 Å². The van der Waals surface area contributed by atoms with E-state index >= 15 is 0 Å². The van der Waals surface area contributed by atoms with Crippen molar-refractivity contribution in [3.8, 4) is 0 Å². The van der Waals surface area contributed by atoms with Crippen LogP contribution in [0.1, 0.15) is 41.2 Å². The van der Waals surface area contributed by atoms with Gasteiger partial charge in [-0.25, -0.2) is 0 Å². The van der Waals surface area contributed by atoms with Crippen LogP contribution in [0.3, 0.4) is 0 Å². The predicted molar refractivity (Wildman–Crippen MR) is 233 cm³/mol. The minimum Gasteiger partial charge on any atom is -0.388 e. The largest absolute Gasteiger partial charge is 0.388 e. The molecule has 0 spiro atoms. The highest BCUT2D eigenvalue weighted by molar-refractivity contribution is 6.30. The summed E-state index contributed by atoms with van der Waals surface area (Å²) in [7, 11) is 4.20. The Hall–Kier alpha value is -5.57. The summed E-state index contributed by atoms with van der Waals surface area (Å²) in [6.07, 6.45) is 19.0. The number of benzene rings is 6. The number of anilines is 2. The van der Waals surface area contributed by atoms with Crippen molar-refractivity contribution in [2.75, 3.05) is 24.3 Å². The first-order valence-corrected chi connectivity index (χ1v) is 19.3. The minimum absolute atomic E-state index is 0.187. The fourth-order valence-corrected chi connectivity index (χ4v) is 8.76. The molecule has 1 heterocycles. The Labute approximate surface area is 326 Å². The summed E-state index contributed by atoms with van der Waals surface area (Å²) in [5, 5.41) is 6.83. The van der Waals surface area contributed by atoms with Crippen molar-refractivity contribution in [1.82, 2.24) is 0 Å². The van der Waals surface area contributed by atoms with Gasteiger partial charge in [-0.1, -0.05) is 169 Å². The molecule has 0 saturated heterocycles. The summed E-state index contributed by atoms with van der Waals surface area (Å²) in [6.45, 7) is 2.41. The third kappa shape index (κ3) is 7.86. The van der Waals surface area contributed by atoms with Crippen LogP contribution in [0.4, 0.5) is 11.4 Å². The van der Waals surface area contributed by atoms with Crippen LogP contribution >= 0.6 is 11.6 Å². The Morgan fingerprint density at radius 1 is 0.667 bits per heavy atom. The number of hydrogen-bond acceptors (Lipinski definition) is 2. The average Bonchev–Trinajstić information content (AvgIpc) is 3.41. The van der Waals surface area contributed by atoms with E-state index in [0.717, 1.165) is 36.4 Å². The topological polar surface area (TPSA) is 15.3 Å². The van der Waals surface area contributed by atoms with Crippen LogP contribution in [0, 0.1) is 0 Å². The van der Waals surface area contributed by atoms with Crippen molar-refractivity contribution in [3.05, 3.63) is 227 Å². The van der Waals surface area contributed by atoms with E-state index in [9.17, 15) is 0 Å². The lowest BCUT2D eigenvalue weighted by Gasteiger charge is -2.36. The molecule has 6 aromatic carbocycles. The summed E-state index contributed by atoms with van der Waals surface area (Å²) in [5.41, 5.74) is 9.86. The molecule has 1 unspecified atom stereocenters. The van der Waals surface area contributed by atoms with Gasteiger partial charge in [0.2, 0.25) is 0 Å². The van der Waals surface area contributed by atoms with Gasteiger partial charge in [-0.3, -0.25) is 0 Å². The van der Waals surface area contributed by atoms with E-state index in [2.05, 4.69) is 206 Å². The van der Waals surface area contributed by atoms with E-state index in [1.165, 1.54) is 50.0 Å². The maximum atomic E-state index is 6.71. The molecule has 3 heteroatoms.